The molecule has 2 heterocycles. The van der Waals surface area contributed by atoms with Gasteiger partial charge in [0, 0.05) is 31.0 Å². The molecule has 8 heteroatoms. The van der Waals surface area contributed by atoms with Crippen molar-refractivity contribution in [2.24, 2.45) is 0 Å². The number of sulfonamides is 1. The molecule has 0 atom stereocenters. The molecule has 0 spiro atoms. The van der Waals surface area contributed by atoms with Crippen molar-refractivity contribution in [3.63, 3.8) is 0 Å². The Labute approximate surface area is 134 Å². The Kier molecular flexibility index (Phi) is 4.10. The predicted octanol–water partition coefficient (Wildman–Crippen LogP) is 1.16. The average Bonchev–Trinajstić information content (AvgIpc) is 2.51. The van der Waals surface area contributed by atoms with Crippen LogP contribution in [0.25, 0.3) is 0 Å². The number of rotatable bonds is 5. The monoisotopic (exact) mass is 332 g/mol. The first-order chi connectivity index (χ1) is 11.0. The smallest absolute Gasteiger partial charge is 0.243 e. The molecule has 0 unspecified atom stereocenters. The number of benzene rings is 1. The van der Waals surface area contributed by atoms with E-state index >= 15 is 0 Å². The molecule has 2 aromatic rings. The zero-order chi connectivity index (χ0) is 16.4. The predicted molar refractivity (Wildman–Crippen MR) is 84.6 cm³/mol. The zero-order valence-electron chi connectivity index (χ0n) is 12.5. The topological polar surface area (TPSA) is 92.3 Å². The minimum Gasteiger partial charge on any atom is -0.349 e. The summed E-state index contributed by atoms with van der Waals surface area (Å²) in [5.74, 6) is 0.394. The summed E-state index contributed by atoms with van der Waals surface area (Å²) in [5, 5.41) is 3.08. The second-order valence-electron chi connectivity index (χ2n) is 5.32. The van der Waals surface area contributed by atoms with Gasteiger partial charge in [0.05, 0.1) is 10.9 Å². The van der Waals surface area contributed by atoms with Crippen molar-refractivity contribution in [2.75, 3.05) is 18.4 Å². The summed E-state index contributed by atoms with van der Waals surface area (Å²) in [6.07, 6.45) is 3.25. The van der Waals surface area contributed by atoms with Gasteiger partial charge in [-0.15, -0.1) is 0 Å². The minimum atomic E-state index is -3.53. The summed E-state index contributed by atoms with van der Waals surface area (Å²) in [6.45, 7) is 2.16. The van der Waals surface area contributed by atoms with Gasteiger partial charge in [0.25, 0.3) is 0 Å². The molecule has 0 aliphatic carbocycles. The third kappa shape index (κ3) is 3.22. The zero-order valence-corrected chi connectivity index (χ0v) is 13.3. The largest absolute Gasteiger partial charge is 0.349 e. The first-order valence-electron chi connectivity index (χ1n) is 7.11. The molecule has 1 N–H and O–H groups in total. The van der Waals surface area contributed by atoms with Crippen LogP contribution in [0.15, 0.2) is 47.6 Å². The molecule has 1 aromatic carbocycles. The molecule has 1 aliphatic rings. The number of aromatic nitrogens is 2. The van der Waals surface area contributed by atoms with E-state index < -0.39 is 10.0 Å². The highest BCUT2D eigenvalue weighted by Crippen LogP contribution is 2.23. The number of nitrogens with one attached hydrogen (secondary N) is 1. The van der Waals surface area contributed by atoms with Crippen LogP contribution in [0, 0.1) is 0 Å². The Balaban J connectivity index is 1.65. The summed E-state index contributed by atoms with van der Waals surface area (Å²) < 4.78 is 26.3. The van der Waals surface area contributed by atoms with Crippen LogP contribution in [0.5, 0.6) is 0 Å². The van der Waals surface area contributed by atoms with E-state index in [0.717, 1.165) is 0 Å². The summed E-state index contributed by atoms with van der Waals surface area (Å²) in [4.78, 5) is 19.5. The molecule has 1 aromatic heterocycles. The first kappa shape index (κ1) is 15.6. The second-order valence-corrected chi connectivity index (χ2v) is 7.25. The Hall–Kier alpha value is -2.32. The molecule has 7 nitrogen and oxygen atoms in total. The van der Waals surface area contributed by atoms with Crippen LogP contribution in [0.2, 0.25) is 0 Å². The van der Waals surface area contributed by atoms with Crippen LogP contribution in [-0.4, -0.2) is 47.6 Å². The van der Waals surface area contributed by atoms with Gasteiger partial charge in [-0.1, -0.05) is 12.1 Å². The van der Waals surface area contributed by atoms with E-state index in [4.69, 9.17) is 0 Å². The third-order valence-corrected chi connectivity index (χ3v) is 5.49. The van der Waals surface area contributed by atoms with Crippen molar-refractivity contribution in [1.29, 1.82) is 0 Å². The summed E-state index contributed by atoms with van der Waals surface area (Å²) in [6, 6.07) is 7.70. The van der Waals surface area contributed by atoms with Crippen molar-refractivity contribution in [3.05, 3.63) is 48.3 Å². The highest BCUT2D eigenvalue weighted by Gasteiger charge is 2.37. The molecule has 0 bridgehead atoms. The molecule has 23 heavy (non-hydrogen) atoms. The normalized spacial score (nSPS) is 15.9. The van der Waals surface area contributed by atoms with Gasteiger partial charge in [-0.05, 0) is 25.1 Å². The van der Waals surface area contributed by atoms with Gasteiger partial charge >= 0.3 is 0 Å². The fourth-order valence-electron chi connectivity index (χ4n) is 2.29. The van der Waals surface area contributed by atoms with Crippen LogP contribution in [-0.2, 0) is 10.0 Å². The van der Waals surface area contributed by atoms with E-state index in [9.17, 15) is 13.2 Å². The van der Waals surface area contributed by atoms with Gasteiger partial charge in [0.2, 0.25) is 16.0 Å². The van der Waals surface area contributed by atoms with Gasteiger partial charge in [-0.2, -0.15) is 4.31 Å². The number of Topliss-reactive ketones (excluding diaryl/α,β-unsaturated/α-hetero) is 1. The van der Waals surface area contributed by atoms with E-state index in [1.54, 1.807) is 18.5 Å². The van der Waals surface area contributed by atoms with Gasteiger partial charge in [-0.25, -0.2) is 18.4 Å². The number of carbonyl (C=O) groups is 1. The first-order valence-corrected chi connectivity index (χ1v) is 8.55. The molecule has 1 aliphatic heterocycles. The average molecular weight is 332 g/mol. The van der Waals surface area contributed by atoms with Gasteiger partial charge < -0.3 is 5.32 Å². The number of nitrogens with zero attached hydrogens (tertiary/aromatic N) is 3. The third-order valence-electron chi connectivity index (χ3n) is 3.65. The number of carbonyl (C=O) groups excluding carboxylic acids is 1. The van der Waals surface area contributed by atoms with Crippen LogP contribution in [0.4, 0.5) is 5.95 Å². The number of anilines is 1. The highest BCUT2D eigenvalue weighted by molar-refractivity contribution is 7.89. The van der Waals surface area contributed by atoms with Crippen molar-refractivity contribution in [2.45, 2.75) is 17.9 Å². The molecule has 0 amide bonds. The number of hydrogen-bond acceptors (Lipinski definition) is 6. The van der Waals surface area contributed by atoms with Crippen LogP contribution < -0.4 is 5.32 Å². The lowest BCUT2D eigenvalue weighted by molar-refractivity contribution is 0.101. The van der Waals surface area contributed by atoms with Crippen LogP contribution >= 0.6 is 0 Å². The molecule has 0 saturated carbocycles. The Morgan fingerprint density at radius 1 is 1.17 bits per heavy atom. The van der Waals surface area contributed by atoms with Crippen molar-refractivity contribution in [3.8, 4) is 0 Å². The van der Waals surface area contributed by atoms with Crippen molar-refractivity contribution in [1.82, 2.24) is 14.3 Å². The van der Waals surface area contributed by atoms with Crippen LogP contribution in [0.1, 0.15) is 17.3 Å². The van der Waals surface area contributed by atoms with E-state index in [1.807, 2.05) is 0 Å². The molecular formula is C15H16N4O3S. The minimum absolute atomic E-state index is 0.0105. The standard InChI is InChI=1S/C15H16N4O3S/c1-11(20)12-3-5-14(6-4-12)23(21,22)19-9-13(10-19)18-15-16-7-2-8-17-15/h2-8,13H,9-10H2,1H3,(H,16,17,18). The van der Waals surface area contributed by atoms with E-state index in [2.05, 4.69) is 15.3 Å². The fourth-order valence-corrected chi connectivity index (χ4v) is 3.82. The SMILES string of the molecule is CC(=O)c1ccc(S(=O)(=O)N2CC(Nc3ncccn3)C2)cc1. The van der Waals surface area contributed by atoms with Gasteiger partial charge in [-0.3, -0.25) is 4.79 Å². The molecule has 0 radical (unpaired) electrons. The van der Waals surface area contributed by atoms with E-state index in [-0.39, 0.29) is 16.7 Å². The maximum absolute atomic E-state index is 12.5. The highest BCUT2D eigenvalue weighted by atomic mass is 32.2. The Morgan fingerprint density at radius 3 is 2.35 bits per heavy atom. The van der Waals surface area contributed by atoms with E-state index in [0.29, 0.717) is 24.6 Å². The molecule has 1 fully saturated rings. The lowest BCUT2D eigenvalue weighted by Crippen LogP contribution is -2.56. The Morgan fingerprint density at radius 2 is 1.78 bits per heavy atom. The van der Waals surface area contributed by atoms with Crippen LogP contribution in [0.3, 0.4) is 0 Å². The quantitative estimate of drug-likeness (QED) is 0.826. The lowest BCUT2D eigenvalue weighted by atomic mass is 10.2. The summed E-state index contributed by atoms with van der Waals surface area (Å²) >= 11 is 0. The summed E-state index contributed by atoms with van der Waals surface area (Å²) in [7, 11) is -3.53. The maximum atomic E-state index is 12.5. The van der Waals surface area contributed by atoms with Gasteiger partial charge in [0.15, 0.2) is 5.78 Å². The molecule has 3 rings (SSSR count). The van der Waals surface area contributed by atoms with Gasteiger partial charge in [0.1, 0.15) is 0 Å². The van der Waals surface area contributed by atoms with Crippen molar-refractivity contribution >= 4 is 21.8 Å². The number of ketones is 1. The second kappa shape index (κ2) is 6.05. The lowest BCUT2D eigenvalue weighted by Gasteiger charge is -2.38. The molecule has 1 saturated heterocycles. The number of hydrogen-bond donors (Lipinski definition) is 1. The fraction of sp³-hybridized carbons (Fsp3) is 0.267. The molecular weight excluding hydrogens is 316 g/mol. The Bertz CT molecular complexity index is 800. The summed E-state index contributed by atoms with van der Waals surface area (Å²) in [5.41, 5.74) is 0.494. The molecule has 120 valence electrons. The maximum Gasteiger partial charge on any atom is 0.243 e. The van der Waals surface area contributed by atoms with E-state index in [1.165, 1.54) is 35.5 Å². The van der Waals surface area contributed by atoms with Crippen molar-refractivity contribution < 1.29 is 13.2 Å².